The van der Waals surface area contributed by atoms with Crippen molar-refractivity contribution >= 4 is 29.1 Å². The fourth-order valence-corrected chi connectivity index (χ4v) is 5.36. The molecule has 3 fully saturated rings. The minimum atomic E-state index is -1.19. The maximum absolute atomic E-state index is 13.3. The number of ketones is 2. The highest BCUT2D eigenvalue weighted by atomic mass is 35.5. The van der Waals surface area contributed by atoms with E-state index >= 15 is 0 Å². The second kappa shape index (κ2) is 9.46. The van der Waals surface area contributed by atoms with Crippen molar-refractivity contribution in [3.63, 3.8) is 0 Å². The van der Waals surface area contributed by atoms with E-state index in [-0.39, 0.29) is 36.4 Å². The van der Waals surface area contributed by atoms with Crippen LogP contribution in [0.1, 0.15) is 62.5 Å². The molecular weight excluding hydrogens is 444 g/mol. The van der Waals surface area contributed by atoms with Gasteiger partial charge in [0.05, 0.1) is 7.11 Å². The van der Waals surface area contributed by atoms with Gasteiger partial charge in [-0.25, -0.2) is 0 Å². The molecule has 176 valence electrons. The summed E-state index contributed by atoms with van der Waals surface area (Å²) in [6, 6.07) is 3.58. The number of benzene rings is 1. The molecule has 1 aromatic rings. The average Bonchev–Trinajstić information content (AvgIpc) is 3.58. The van der Waals surface area contributed by atoms with Crippen LogP contribution in [0.4, 0.5) is 0 Å². The van der Waals surface area contributed by atoms with E-state index in [0.29, 0.717) is 47.8 Å². The number of rotatable bonds is 5. The standard InChI is InChI=1S/C25H29ClN2O5/c1-3-4-15-11-17(26)21(20(12-15)33-2)22-18(29)13-25(14-19(22)30)7-9-28(10-8-25)24(32)23(31)27-16-5-6-16/h11-12,16,22-23,27,31H,5-10,13-14H2,1-2H3. The predicted molar refractivity (Wildman–Crippen MR) is 123 cm³/mol. The van der Waals surface area contributed by atoms with E-state index in [2.05, 4.69) is 17.2 Å². The number of piperidine rings is 1. The molecule has 1 saturated heterocycles. The number of nitrogens with one attached hydrogen (secondary N) is 1. The fraction of sp³-hybridized carbons (Fsp3) is 0.560. The zero-order chi connectivity index (χ0) is 23.8. The molecule has 33 heavy (non-hydrogen) atoms. The monoisotopic (exact) mass is 472 g/mol. The number of hydrogen-bond acceptors (Lipinski definition) is 6. The summed E-state index contributed by atoms with van der Waals surface area (Å²) >= 11 is 6.49. The van der Waals surface area contributed by atoms with Crippen LogP contribution in [0.3, 0.4) is 0 Å². The third-order valence-electron chi connectivity index (χ3n) is 6.95. The first-order chi connectivity index (χ1) is 15.8. The van der Waals surface area contributed by atoms with Crippen molar-refractivity contribution in [1.82, 2.24) is 10.2 Å². The van der Waals surface area contributed by atoms with Gasteiger partial charge in [0.25, 0.3) is 5.91 Å². The molecule has 1 heterocycles. The molecule has 2 aliphatic carbocycles. The molecule has 4 rings (SSSR count). The van der Waals surface area contributed by atoms with Gasteiger partial charge in [-0.1, -0.05) is 17.5 Å². The number of hydrogen-bond donors (Lipinski definition) is 2. The topological polar surface area (TPSA) is 95.9 Å². The molecule has 1 unspecified atom stereocenters. The minimum absolute atomic E-state index is 0.170. The van der Waals surface area contributed by atoms with Crippen molar-refractivity contribution in [2.45, 2.75) is 63.6 Å². The van der Waals surface area contributed by atoms with Gasteiger partial charge in [0, 0.05) is 48.1 Å². The zero-order valence-electron chi connectivity index (χ0n) is 18.9. The van der Waals surface area contributed by atoms with Crippen molar-refractivity contribution in [3.8, 4) is 17.6 Å². The molecule has 1 spiro atoms. The summed E-state index contributed by atoms with van der Waals surface area (Å²) < 4.78 is 5.46. The summed E-state index contributed by atoms with van der Waals surface area (Å²) in [7, 11) is 1.48. The van der Waals surface area contributed by atoms with Crippen LogP contribution >= 0.6 is 11.6 Å². The number of aliphatic hydroxyl groups is 1. The van der Waals surface area contributed by atoms with Crippen molar-refractivity contribution < 1.29 is 24.2 Å². The highest BCUT2D eigenvalue weighted by Crippen LogP contribution is 2.48. The molecule has 0 bridgehead atoms. The number of amides is 1. The van der Waals surface area contributed by atoms with Gasteiger partial charge in [-0.05, 0) is 50.2 Å². The van der Waals surface area contributed by atoms with E-state index in [1.807, 2.05) is 0 Å². The summed E-state index contributed by atoms with van der Waals surface area (Å²) in [5.41, 5.74) is 0.613. The van der Waals surface area contributed by atoms with E-state index in [0.717, 1.165) is 12.8 Å². The first-order valence-electron chi connectivity index (χ1n) is 11.4. The molecule has 0 aromatic heterocycles. The second-order valence-corrected chi connectivity index (χ2v) is 9.74. The van der Waals surface area contributed by atoms with Crippen molar-refractivity contribution in [2.24, 2.45) is 5.41 Å². The van der Waals surface area contributed by atoms with Gasteiger partial charge in [-0.3, -0.25) is 19.7 Å². The molecule has 1 atom stereocenters. The van der Waals surface area contributed by atoms with E-state index in [1.54, 1.807) is 24.0 Å². The largest absolute Gasteiger partial charge is 0.496 e. The van der Waals surface area contributed by atoms with Gasteiger partial charge >= 0.3 is 0 Å². The number of carbonyl (C=O) groups is 3. The van der Waals surface area contributed by atoms with E-state index in [1.165, 1.54) is 7.11 Å². The van der Waals surface area contributed by atoms with Crippen LogP contribution in [-0.2, 0) is 14.4 Å². The summed E-state index contributed by atoms with van der Waals surface area (Å²) in [5.74, 6) is 4.48. The van der Waals surface area contributed by atoms with Crippen molar-refractivity contribution in [2.75, 3.05) is 20.2 Å². The molecule has 1 aromatic carbocycles. The molecule has 2 N–H and O–H groups in total. The van der Waals surface area contributed by atoms with E-state index in [9.17, 15) is 19.5 Å². The van der Waals surface area contributed by atoms with Crippen LogP contribution in [0.2, 0.25) is 5.02 Å². The Morgan fingerprint density at radius 3 is 2.42 bits per heavy atom. The zero-order valence-corrected chi connectivity index (χ0v) is 19.7. The highest BCUT2D eigenvalue weighted by molar-refractivity contribution is 6.32. The van der Waals surface area contributed by atoms with Gasteiger partial charge < -0.3 is 14.7 Å². The Labute approximate surface area is 198 Å². The van der Waals surface area contributed by atoms with Crippen LogP contribution < -0.4 is 10.1 Å². The maximum Gasteiger partial charge on any atom is 0.266 e. The molecule has 3 aliphatic rings. The van der Waals surface area contributed by atoms with Gasteiger partial charge in [-0.15, -0.1) is 5.92 Å². The summed E-state index contributed by atoms with van der Waals surface area (Å²) in [5, 5.41) is 13.3. The summed E-state index contributed by atoms with van der Waals surface area (Å²) in [6.45, 7) is 2.55. The molecule has 0 radical (unpaired) electrons. The number of halogens is 1. The number of ether oxygens (including phenoxy) is 1. The Morgan fingerprint density at radius 1 is 1.24 bits per heavy atom. The Bertz CT molecular complexity index is 1010. The highest BCUT2D eigenvalue weighted by Gasteiger charge is 2.48. The number of methoxy groups -OCH3 is 1. The Kier molecular flexibility index (Phi) is 6.81. The van der Waals surface area contributed by atoms with Gasteiger partial charge in [0.1, 0.15) is 23.2 Å². The Balaban J connectivity index is 1.47. The molecule has 7 nitrogen and oxygen atoms in total. The first kappa shape index (κ1) is 23.7. The van der Waals surface area contributed by atoms with Crippen LogP contribution in [0.5, 0.6) is 5.75 Å². The van der Waals surface area contributed by atoms with Crippen LogP contribution in [-0.4, -0.2) is 59.9 Å². The SMILES string of the molecule is CC#Cc1cc(Cl)c(C2C(=O)CC3(CCN(C(=O)C(O)NC4CC4)CC3)CC2=O)c(OC)c1. The summed E-state index contributed by atoms with van der Waals surface area (Å²) in [4.78, 5) is 40.7. The second-order valence-electron chi connectivity index (χ2n) is 9.34. The average molecular weight is 473 g/mol. The molecule has 8 heteroatoms. The first-order valence-corrected chi connectivity index (χ1v) is 11.7. The van der Waals surface area contributed by atoms with Crippen molar-refractivity contribution in [3.05, 3.63) is 28.3 Å². The lowest BCUT2D eigenvalue weighted by Crippen LogP contribution is -2.53. The van der Waals surface area contributed by atoms with Gasteiger partial charge in [-0.2, -0.15) is 0 Å². The maximum atomic E-state index is 13.3. The van der Waals surface area contributed by atoms with Gasteiger partial charge in [0.2, 0.25) is 0 Å². The van der Waals surface area contributed by atoms with E-state index < -0.39 is 17.6 Å². The van der Waals surface area contributed by atoms with Gasteiger partial charge in [0.15, 0.2) is 6.23 Å². The van der Waals surface area contributed by atoms with Crippen LogP contribution in [0, 0.1) is 17.3 Å². The third kappa shape index (κ3) is 4.93. The minimum Gasteiger partial charge on any atom is -0.496 e. The summed E-state index contributed by atoms with van der Waals surface area (Å²) in [6.07, 6.45) is 2.36. The number of likely N-dealkylation sites (tertiary alicyclic amines) is 1. The smallest absolute Gasteiger partial charge is 0.266 e. The van der Waals surface area contributed by atoms with Crippen molar-refractivity contribution in [1.29, 1.82) is 0 Å². The Hall–Kier alpha value is -2.40. The van der Waals surface area contributed by atoms with Crippen LogP contribution in [0.25, 0.3) is 0 Å². The molecule has 1 aliphatic heterocycles. The lowest BCUT2D eigenvalue weighted by molar-refractivity contribution is -0.146. The lowest BCUT2D eigenvalue weighted by Gasteiger charge is -2.45. The Morgan fingerprint density at radius 2 is 1.88 bits per heavy atom. The van der Waals surface area contributed by atoms with Crippen LogP contribution in [0.15, 0.2) is 12.1 Å². The molecular formula is C25H29ClN2O5. The number of nitrogens with zero attached hydrogens (tertiary/aromatic N) is 1. The molecule has 1 amide bonds. The van der Waals surface area contributed by atoms with E-state index in [4.69, 9.17) is 16.3 Å². The molecule has 2 saturated carbocycles. The third-order valence-corrected chi connectivity index (χ3v) is 7.27. The normalized spacial score (nSPS) is 21.5. The number of carbonyl (C=O) groups excluding carboxylic acids is 3. The quantitative estimate of drug-likeness (QED) is 0.388. The lowest BCUT2D eigenvalue weighted by atomic mass is 9.63. The fourth-order valence-electron chi connectivity index (χ4n) is 5.04. The number of aliphatic hydroxyl groups excluding tert-OH is 1. The number of Topliss-reactive ketones (excluding diaryl/α,β-unsaturated/α-hetero) is 2. The predicted octanol–water partition coefficient (Wildman–Crippen LogP) is 2.41.